The molecule has 2 aromatic carbocycles. The Morgan fingerprint density at radius 2 is 1.95 bits per heavy atom. The molecule has 0 spiro atoms. The van der Waals surface area contributed by atoms with Gasteiger partial charge in [-0.25, -0.2) is 4.79 Å². The number of aromatic hydroxyl groups is 1. The van der Waals surface area contributed by atoms with Crippen molar-refractivity contribution in [3.8, 4) is 22.8 Å². The Morgan fingerprint density at radius 3 is 2.67 bits per heavy atom. The Kier molecular flexibility index (Phi) is 9.10. The molecule has 220 valence electrons. The van der Waals surface area contributed by atoms with E-state index in [1.807, 2.05) is 34.9 Å². The number of carbonyl (C=O) groups excluding carboxylic acids is 2. The number of carbonyl (C=O) groups is 2. The second-order valence-electron chi connectivity index (χ2n) is 11.2. The fraction of sp³-hybridized carbons (Fsp3) is 0.355. The number of thiophene rings is 1. The van der Waals surface area contributed by atoms with Gasteiger partial charge in [-0.1, -0.05) is 66.7 Å². The molecule has 8 nitrogen and oxygen atoms in total. The monoisotopic (exact) mass is 668 g/mol. The molecule has 42 heavy (non-hydrogen) atoms. The van der Waals surface area contributed by atoms with Gasteiger partial charge in [0.25, 0.3) is 0 Å². The smallest absolute Gasteiger partial charge is 0.341 e. The molecule has 2 heterocycles. The maximum absolute atomic E-state index is 13.3. The average Bonchev–Trinajstić information content (AvgIpc) is 3.54. The number of hydrogen-bond acceptors (Lipinski definition) is 8. The Morgan fingerprint density at radius 1 is 1.19 bits per heavy atom. The minimum Gasteiger partial charge on any atom is -0.507 e. The number of anilines is 1. The third-order valence-corrected chi connectivity index (χ3v) is 9.99. The summed E-state index contributed by atoms with van der Waals surface area (Å²) < 4.78 is 8.00. The summed E-state index contributed by atoms with van der Waals surface area (Å²) in [6.07, 6.45) is 2.66. The van der Waals surface area contributed by atoms with Gasteiger partial charge in [0.1, 0.15) is 10.8 Å². The zero-order valence-electron chi connectivity index (χ0n) is 23.9. The number of nitrogens with one attached hydrogen (secondary N) is 1. The van der Waals surface area contributed by atoms with Crippen LogP contribution in [-0.2, 0) is 22.4 Å². The van der Waals surface area contributed by atoms with Gasteiger partial charge in [-0.15, -0.1) is 21.5 Å². The average molecular weight is 670 g/mol. The van der Waals surface area contributed by atoms with Crippen LogP contribution >= 0.6 is 39.0 Å². The maximum Gasteiger partial charge on any atom is 0.341 e. The number of ether oxygens (including phenoxy) is 1. The molecular weight excluding hydrogens is 636 g/mol. The number of phenolic OH excluding ortho intramolecular Hbond substituents is 1. The van der Waals surface area contributed by atoms with Gasteiger partial charge >= 0.3 is 5.97 Å². The molecule has 11 heteroatoms. The van der Waals surface area contributed by atoms with E-state index in [1.165, 1.54) is 23.1 Å². The van der Waals surface area contributed by atoms with Crippen molar-refractivity contribution in [1.82, 2.24) is 14.8 Å². The first kappa shape index (κ1) is 30.3. The van der Waals surface area contributed by atoms with Gasteiger partial charge in [0.15, 0.2) is 11.0 Å². The zero-order chi connectivity index (χ0) is 30.0. The maximum atomic E-state index is 13.3. The van der Waals surface area contributed by atoms with Crippen LogP contribution in [0.2, 0.25) is 0 Å². The number of hydrogen-bond donors (Lipinski definition) is 2. The minimum atomic E-state index is -0.394. The summed E-state index contributed by atoms with van der Waals surface area (Å²) in [6.45, 7) is 8.80. The van der Waals surface area contributed by atoms with E-state index in [1.54, 1.807) is 25.1 Å². The first-order valence-electron chi connectivity index (χ1n) is 13.8. The van der Waals surface area contributed by atoms with E-state index in [2.05, 4.69) is 52.2 Å². The molecule has 0 bridgehead atoms. The summed E-state index contributed by atoms with van der Waals surface area (Å²) in [5, 5.41) is 23.4. The first-order valence-corrected chi connectivity index (χ1v) is 16.4. The minimum absolute atomic E-state index is 0.0465. The summed E-state index contributed by atoms with van der Waals surface area (Å²) in [6, 6.07) is 14.7. The summed E-state index contributed by atoms with van der Waals surface area (Å²) in [7, 11) is 0. The molecule has 0 saturated heterocycles. The van der Waals surface area contributed by atoms with E-state index >= 15 is 0 Å². The molecule has 1 aliphatic carbocycles. The Bertz CT molecular complexity index is 1610. The Hall–Kier alpha value is -3.15. The molecule has 2 N–H and O–H groups in total. The van der Waals surface area contributed by atoms with E-state index in [4.69, 9.17) is 4.74 Å². The molecule has 0 unspecified atom stereocenters. The third kappa shape index (κ3) is 6.43. The normalized spacial score (nSPS) is 14.8. The molecule has 0 radical (unpaired) electrons. The third-order valence-electron chi connectivity index (χ3n) is 7.40. The van der Waals surface area contributed by atoms with Crippen molar-refractivity contribution in [2.75, 3.05) is 17.7 Å². The summed E-state index contributed by atoms with van der Waals surface area (Å²) in [5.74, 6) is 0.414. The Balaban J connectivity index is 1.40. The number of halogens is 1. The van der Waals surface area contributed by atoms with E-state index in [-0.39, 0.29) is 29.4 Å². The summed E-state index contributed by atoms with van der Waals surface area (Å²) in [5.41, 5.74) is 2.95. The zero-order valence-corrected chi connectivity index (χ0v) is 27.2. The van der Waals surface area contributed by atoms with Crippen molar-refractivity contribution in [3.63, 3.8) is 0 Å². The number of benzene rings is 2. The summed E-state index contributed by atoms with van der Waals surface area (Å²) >= 11 is 6.18. The van der Waals surface area contributed by atoms with Crippen LogP contribution in [0.5, 0.6) is 5.75 Å². The van der Waals surface area contributed by atoms with Gasteiger partial charge in [-0.2, -0.15) is 0 Å². The first-order chi connectivity index (χ1) is 20.1. The lowest BCUT2D eigenvalue weighted by molar-refractivity contribution is -0.113. The van der Waals surface area contributed by atoms with Crippen LogP contribution < -0.4 is 5.32 Å². The fourth-order valence-electron chi connectivity index (χ4n) is 5.16. The molecule has 1 aliphatic rings. The van der Waals surface area contributed by atoms with Crippen LogP contribution in [-0.4, -0.2) is 44.1 Å². The van der Waals surface area contributed by atoms with E-state index in [0.29, 0.717) is 33.0 Å². The predicted octanol–water partition coefficient (Wildman–Crippen LogP) is 7.52. The highest BCUT2D eigenvalue weighted by Crippen LogP contribution is 2.44. The van der Waals surface area contributed by atoms with Gasteiger partial charge < -0.3 is 15.2 Å². The van der Waals surface area contributed by atoms with Gasteiger partial charge in [-0.05, 0) is 73.4 Å². The predicted molar refractivity (Wildman–Crippen MR) is 171 cm³/mol. The second kappa shape index (κ2) is 12.6. The largest absolute Gasteiger partial charge is 0.507 e. The number of rotatable bonds is 8. The van der Waals surface area contributed by atoms with Crippen LogP contribution in [0.1, 0.15) is 54.9 Å². The van der Waals surface area contributed by atoms with Crippen molar-refractivity contribution in [1.29, 1.82) is 0 Å². The fourth-order valence-corrected chi connectivity index (χ4v) is 7.60. The standard InChI is InChI=1S/C31H33BrN4O4S2/c1-5-40-29(39)26-21-13-11-18(31(2,3)4)15-24(21)42-28(26)33-25(38)17-41-30-35-34-27(22-16-19(32)12-14-23(22)37)36(30)20-9-7-6-8-10-20/h6-10,12,14,16,18,37H,5,11,13,15,17H2,1-4H3,(H,33,38)/t18-/m1/s1. The number of para-hydroxylation sites is 1. The lowest BCUT2D eigenvalue weighted by Crippen LogP contribution is -2.26. The van der Waals surface area contributed by atoms with Crippen LogP contribution in [0.15, 0.2) is 58.2 Å². The second-order valence-corrected chi connectivity index (χ2v) is 14.2. The van der Waals surface area contributed by atoms with Crippen molar-refractivity contribution < 1.29 is 19.4 Å². The molecule has 0 aliphatic heterocycles. The molecule has 1 amide bonds. The SMILES string of the molecule is CCOC(=O)c1c(NC(=O)CSc2nnc(-c3cc(Br)ccc3O)n2-c2ccccc2)sc2c1CC[C@@H](C(C)(C)C)C2. The molecule has 5 rings (SSSR count). The molecule has 0 fully saturated rings. The number of phenols is 1. The van der Waals surface area contributed by atoms with Gasteiger partial charge in [-0.3, -0.25) is 9.36 Å². The molecule has 0 saturated carbocycles. The number of amides is 1. The van der Waals surface area contributed by atoms with Crippen LogP contribution in [0.3, 0.4) is 0 Å². The van der Waals surface area contributed by atoms with Crippen LogP contribution in [0, 0.1) is 11.3 Å². The van der Waals surface area contributed by atoms with Crippen LogP contribution in [0.4, 0.5) is 5.00 Å². The van der Waals surface area contributed by atoms with Gasteiger partial charge in [0.05, 0.1) is 23.5 Å². The molecule has 1 atom stereocenters. The molecule has 4 aromatic rings. The number of thioether (sulfide) groups is 1. The van der Waals surface area contributed by atoms with E-state index in [9.17, 15) is 14.7 Å². The quantitative estimate of drug-likeness (QED) is 0.148. The highest BCUT2D eigenvalue weighted by Gasteiger charge is 2.34. The lowest BCUT2D eigenvalue weighted by atomic mass is 9.72. The molecule has 2 aromatic heterocycles. The van der Waals surface area contributed by atoms with E-state index < -0.39 is 5.97 Å². The number of esters is 1. The van der Waals surface area contributed by atoms with Gasteiger partial charge in [0, 0.05) is 15.0 Å². The van der Waals surface area contributed by atoms with Gasteiger partial charge in [0.2, 0.25) is 5.91 Å². The lowest BCUT2D eigenvalue weighted by Gasteiger charge is -2.33. The molecular formula is C31H33BrN4O4S2. The summed E-state index contributed by atoms with van der Waals surface area (Å²) in [4.78, 5) is 27.5. The van der Waals surface area contributed by atoms with Crippen molar-refractivity contribution in [2.24, 2.45) is 11.3 Å². The van der Waals surface area contributed by atoms with Crippen molar-refractivity contribution in [2.45, 2.75) is 52.1 Å². The number of fused-ring (bicyclic) bond motifs is 1. The number of aromatic nitrogens is 3. The number of nitrogens with zero attached hydrogens (tertiary/aromatic N) is 3. The van der Waals surface area contributed by atoms with Crippen molar-refractivity contribution in [3.05, 3.63) is 69.0 Å². The van der Waals surface area contributed by atoms with E-state index in [0.717, 1.165) is 39.9 Å². The highest BCUT2D eigenvalue weighted by atomic mass is 79.9. The Labute approximate surface area is 262 Å². The van der Waals surface area contributed by atoms with Crippen LogP contribution in [0.25, 0.3) is 17.1 Å². The highest BCUT2D eigenvalue weighted by molar-refractivity contribution is 9.10. The topological polar surface area (TPSA) is 106 Å². The van der Waals surface area contributed by atoms with Crippen molar-refractivity contribution >= 4 is 55.9 Å².